The van der Waals surface area contributed by atoms with Crippen molar-refractivity contribution in [3.8, 4) is 22.5 Å². The van der Waals surface area contributed by atoms with Gasteiger partial charge in [0.05, 0.1) is 47.3 Å². The molecule has 0 spiro atoms. The van der Waals surface area contributed by atoms with Gasteiger partial charge in [0.1, 0.15) is 18.5 Å². The van der Waals surface area contributed by atoms with Gasteiger partial charge < -0.3 is 29.6 Å². The number of hydrogen-bond acceptors (Lipinski definition) is 8. The zero-order chi connectivity index (χ0) is 41.7. The van der Waals surface area contributed by atoms with Crippen LogP contribution in [0.1, 0.15) is 97.0 Å². The summed E-state index contributed by atoms with van der Waals surface area (Å²) in [7, 11) is 0. The lowest BCUT2D eigenvalue weighted by Gasteiger charge is -2.35. The van der Waals surface area contributed by atoms with Crippen LogP contribution in [0.15, 0.2) is 65.5 Å². The summed E-state index contributed by atoms with van der Waals surface area (Å²) in [5.74, 6) is -2.18. The first-order valence-corrected chi connectivity index (χ1v) is 20.0. The number of rotatable bonds is 8. The van der Waals surface area contributed by atoms with Crippen LogP contribution in [0.5, 0.6) is 0 Å². The summed E-state index contributed by atoms with van der Waals surface area (Å²) in [6.45, 7) is 8.40. The van der Waals surface area contributed by atoms with Crippen molar-refractivity contribution >= 4 is 28.9 Å². The second-order valence-corrected chi connectivity index (χ2v) is 17.0. The highest BCUT2D eigenvalue weighted by molar-refractivity contribution is 5.94. The van der Waals surface area contributed by atoms with Crippen LogP contribution < -0.4 is 10.9 Å². The number of ether oxygens (including phenoxy) is 2. The first kappa shape index (κ1) is 38.6. The number of aryl methyl sites for hydroxylation is 1. The van der Waals surface area contributed by atoms with Crippen molar-refractivity contribution < 1.29 is 38.5 Å². The van der Waals surface area contributed by atoms with Gasteiger partial charge in [-0.1, -0.05) is 55.5 Å². The Kier molecular flexibility index (Phi) is 9.05. The molecule has 2 aliphatic carbocycles. The van der Waals surface area contributed by atoms with E-state index in [2.05, 4.69) is 5.32 Å². The first-order chi connectivity index (χ1) is 28.1. The van der Waals surface area contributed by atoms with Crippen LogP contribution in [0.25, 0.3) is 33.4 Å². The van der Waals surface area contributed by atoms with E-state index in [4.69, 9.17) is 14.5 Å². The highest BCUT2D eigenvalue weighted by atomic mass is 19.1. The van der Waals surface area contributed by atoms with E-state index in [0.717, 1.165) is 27.8 Å². The molecular formula is C46H45FN4O8. The molecule has 0 fully saturated rings. The van der Waals surface area contributed by atoms with E-state index in [9.17, 15) is 29.4 Å². The topological polar surface area (TPSA) is 160 Å². The monoisotopic (exact) mass is 800 g/mol. The van der Waals surface area contributed by atoms with Crippen LogP contribution in [0.3, 0.4) is 0 Å². The van der Waals surface area contributed by atoms with Gasteiger partial charge in [0.15, 0.2) is 5.60 Å². The SMILES string of the molecule is CC[C@@]1(O)C(=O)OCc2c1cc1n(c2=O)Cc2c-1nc1cc(F)c(C)c3c1c2[C@@H](NC(=O)[C@H](COC(C)(C)C)N(CC1c2ccccc2-c2ccccc21)C(=O)O)CC3. The molecule has 0 radical (unpaired) electrons. The Morgan fingerprint density at radius 1 is 1.07 bits per heavy atom. The summed E-state index contributed by atoms with van der Waals surface area (Å²) >= 11 is 0. The molecule has 12 nitrogen and oxygen atoms in total. The van der Waals surface area contributed by atoms with Gasteiger partial charge in [-0.25, -0.2) is 19.0 Å². The van der Waals surface area contributed by atoms with Gasteiger partial charge in [0.25, 0.3) is 5.56 Å². The summed E-state index contributed by atoms with van der Waals surface area (Å²) in [5.41, 5.74) is 4.70. The van der Waals surface area contributed by atoms with Crippen LogP contribution in [0, 0.1) is 12.7 Å². The number of aliphatic hydroxyl groups is 1. The van der Waals surface area contributed by atoms with Gasteiger partial charge in [0, 0.05) is 35.0 Å². The van der Waals surface area contributed by atoms with E-state index in [1.807, 2.05) is 69.3 Å². The minimum absolute atomic E-state index is 0.00492. The number of pyridine rings is 2. The second-order valence-electron chi connectivity index (χ2n) is 17.0. The minimum atomic E-state index is -2.04. The Bertz CT molecular complexity index is 2660. The standard InChI is InChI=1S/C46H45FN4O8/c1-6-46(57)32-17-36-40-30(20-50(36)42(53)31(32)21-58-43(46)54)39-34(16-15-24-23(2)33(47)18-35(48-40)38(24)39)49-41(52)37(22-59-45(3,4)5)51(44(55)56)19-29-27-13-9-7-11-25(27)26-12-8-10-14-28(26)29/h7-14,17-18,29,34,37,57H,6,15-16,19-22H2,1-5H3,(H,49,52)(H,55,56)/t34-,37-,46-/m0/s1. The summed E-state index contributed by atoms with van der Waals surface area (Å²) in [6, 6.07) is 16.8. The van der Waals surface area contributed by atoms with Crippen molar-refractivity contribution in [1.82, 2.24) is 19.8 Å². The smallest absolute Gasteiger partial charge is 0.408 e. The highest BCUT2D eigenvalue weighted by Crippen LogP contribution is 2.47. The molecule has 0 saturated heterocycles. The van der Waals surface area contributed by atoms with Crippen LogP contribution in [0.4, 0.5) is 9.18 Å². The van der Waals surface area contributed by atoms with Crippen molar-refractivity contribution in [2.45, 2.75) is 96.2 Å². The van der Waals surface area contributed by atoms with Crippen LogP contribution in [-0.2, 0) is 44.2 Å². The van der Waals surface area contributed by atoms with Crippen molar-refractivity contribution in [3.05, 3.63) is 121 Å². The summed E-state index contributed by atoms with van der Waals surface area (Å²) in [5, 5.41) is 26.2. The zero-order valence-electron chi connectivity index (χ0n) is 33.5. The zero-order valence-corrected chi connectivity index (χ0v) is 33.5. The van der Waals surface area contributed by atoms with E-state index in [1.165, 1.54) is 15.5 Å². The molecule has 3 N–H and O–H groups in total. The largest absolute Gasteiger partial charge is 0.465 e. The fraction of sp³-hybridized carbons (Fsp3) is 0.370. The van der Waals surface area contributed by atoms with Crippen molar-refractivity contribution in [2.24, 2.45) is 0 Å². The molecule has 0 unspecified atom stereocenters. The maximum Gasteiger partial charge on any atom is 0.408 e. The number of cyclic esters (lactones) is 1. The third-order valence-electron chi connectivity index (χ3n) is 12.6. The Morgan fingerprint density at radius 2 is 1.75 bits per heavy atom. The number of nitrogens with one attached hydrogen (secondary N) is 1. The predicted molar refractivity (Wildman–Crippen MR) is 216 cm³/mol. The first-order valence-electron chi connectivity index (χ1n) is 20.0. The number of amides is 2. The van der Waals surface area contributed by atoms with E-state index in [1.54, 1.807) is 19.9 Å². The number of esters is 1. The quantitative estimate of drug-likeness (QED) is 0.144. The predicted octanol–water partition coefficient (Wildman–Crippen LogP) is 6.61. The minimum Gasteiger partial charge on any atom is -0.465 e. The molecule has 3 atom stereocenters. The van der Waals surface area contributed by atoms with Crippen molar-refractivity contribution in [2.75, 3.05) is 13.2 Å². The lowest BCUT2D eigenvalue weighted by atomic mass is 9.81. The molecule has 4 heterocycles. The van der Waals surface area contributed by atoms with E-state index < -0.39 is 52.6 Å². The lowest BCUT2D eigenvalue weighted by Crippen LogP contribution is -2.54. The average Bonchev–Trinajstić information content (AvgIpc) is 3.73. The van der Waals surface area contributed by atoms with Crippen LogP contribution in [0.2, 0.25) is 0 Å². The van der Waals surface area contributed by atoms with Crippen LogP contribution >= 0.6 is 0 Å². The number of fused-ring (bicyclic) bond motifs is 8. The third-order valence-corrected chi connectivity index (χ3v) is 12.6. The number of aromatic nitrogens is 2. The summed E-state index contributed by atoms with van der Waals surface area (Å²) in [6.07, 6.45) is -0.535. The number of carbonyl (C=O) groups is 3. The normalized spacial score (nSPS) is 19.3. The molecule has 4 aliphatic rings. The molecular weight excluding hydrogens is 756 g/mol. The Labute approximate surface area is 339 Å². The number of carboxylic acid groups (broad SMARTS) is 1. The number of benzene rings is 3. The summed E-state index contributed by atoms with van der Waals surface area (Å²) in [4.78, 5) is 61.3. The molecule has 13 heteroatoms. The lowest BCUT2D eigenvalue weighted by molar-refractivity contribution is -0.172. The average molecular weight is 801 g/mol. The fourth-order valence-electron chi connectivity index (χ4n) is 9.59. The summed E-state index contributed by atoms with van der Waals surface area (Å²) < 4.78 is 28.5. The van der Waals surface area contributed by atoms with Crippen molar-refractivity contribution in [3.63, 3.8) is 0 Å². The van der Waals surface area contributed by atoms with Gasteiger partial charge in [0.2, 0.25) is 5.91 Å². The van der Waals surface area contributed by atoms with Crippen molar-refractivity contribution in [1.29, 1.82) is 0 Å². The number of nitrogens with zero attached hydrogens (tertiary/aromatic N) is 3. The molecule has 304 valence electrons. The number of hydrogen-bond donors (Lipinski definition) is 3. The number of halogens is 1. The van der Waals surface area contributed by atoms with E-state index >= 15 is 4.39 Å². The number of carbonyl (C=O) groups excluding carboxylic acids is 2. The molecule has 2 amide bonds. The molecule has 9 rings (SSSR count). The molecule has 3 aromatic carbocycles. The third kappa shape index (κ3) is 6.04. The molecule has 0 saturated carbocycles. The Morgan fingerprint density at radius 3 is 2.39 bits per heavy atom. The molecule has 2 aliphatic heterocycles. The van der Waals surface area contributed by atoms with Crippen LogP contribution in [-0.4, -0.2) is 67.4 Å². The van der Waals surface area contributed by atoms with Gasteiger partial charge in [-0.05, 0) is 92.0 Å². The molecule has 5 aromatic rings. The maximum atomic E-state index is 15.6. The maximum absolute atomic E-state index is 15.6. The molecule has 59 heavy (non-hydrogen) atoms. The van der Waals surface area contributed by atoms with Gasteiger partial charge in [-0.3, -0.25) is 14.5 Å². The second kappa shape index (κ2) is 13.8. The Hall–Kier alpha value is -5.92. The van der Waals surface area contributed by atoms with Gasteiger partial charge in [-0.15, -0.1) is 0 Å². The van der Waals surface area contributed by atoms with Gasteiger partial charge in [-0.2, -0.15) is 0 Å². The van der Waals surface area contributed by atoms with E-state index in [0.29, 0.717) is 51.8 Å². The van der Waals surface area contributed by atoms with E-state index in [-0.39, 0.29) is 49.8 Å². The Balaban J connectivity index is 1.14. The highest BCUT2D eigenvalue weighted by Gasteiger charge is 2.46. The molecule has 0 bridgehead atoms. The van der Waals surface area contributed by atoms with Gasteiger partial charge >= 0.3 is 12.1 Å². The molecule has 2 aromatic heterocycles. The fourth-order valence-corrected chi connectivity index (χ4v) is 9.59.